The molecule has 0 saturated carbocycles. The Kier molecular flexibility index (Phi) is 3.84. The van der Waals surface area contributed by atoms with Gasteiger partial charge in [0.05, 0.1) is 0 Å². The molecule has 1 heterocycles. The van der Waals surface area contributed by atoms with Crippen LogP contribution in [0.25, 0.3) is 0 Å². The Morgan fingerprint density at radius 1 is 2.00 bits per heavy atom. The molecule has 0 bridgehead atoms. The van der Waals surface area contributed by atoms with Gasteiger partial charge in [-0.3, -0.25) is 10.2 Å². The summed E-state index contributed by atoms with van der Waals surface area (Å²) in [6, 6.07) is 0. The molecule has 1 unspecified atom stereocenters. The van der Waals surface area contributed by atoms with Crippen LogP contribution in [0.4, 0.5) is 0 Å². The van der Waals surface area contributed by atoms with Crippen LogP contribution >= 0.6 is 0 Å². The van der Waals surface area contributed by atoms with Gasteiger partial charge < -0.3 is 6.16 Å². The second kappa shape index (κ2) is 3.87. The number of rotatable bonds is 1. The van der Waals surface area contributed by atoms with Crippen molar-refractivity contribution in [3.8, 4) is 0 Å². The summed E-state index contributed by atoms with van der Waals surface area (Å²) in [5.74, 6) is 0.502. The number of nitrogens with one attached hydrogen (secondary N) is 1. The summed E-state index contributed by atoms with van der Waals surface area (Å²) < 4.78 is 4.78. The van der Waals surface area contributed by atoms with Crippen molar-refractivity contribution in [1.82, 2.24) is 5.43 Å². The van der Waals surface area contributed by atoms with Crippen molar-refractivity contribution in [3.05, 3.63) is 0 Å². The zero-order valence-electron chi connectivity index (χ0n) is 6.42. The zero-order chi connectivity index (χ0) is 5.98. The third-order valence-electron chi connectivity index (χ3n) is 0.770. The van der Waals surface area contributed by atoms with Gasteiger partial charge in [-0.05, 0) is 0 Å². The maximum absolute atomic E-state index is 9.89. The van der Waals surface area contributed by atoms with Crippen LogP contribution < -0.4 is 35.0 Å². The van der Waals surface area contributed by atoms with Gasteiger partial charge in [-0.25, -0.2) is 0 Å². The SMILES string of the molecule is CC1=NNC(C=O)O1.[H-].[Na+]. The van der Waals surface area contributed by atoms with E-state index in [9.17, 15) is 4.79 Å². The quantitative estimate of drug-likeness (QED) is 0.303. The first-order valence-electron chi connectivity index (χ1n) is 2.24. The topological polar surface area (TPSA) is 50.7 Å². The third-order valence-corrected chi connectivity index (χ3v) is 0.770. The number of ether oxygens (including phenoxy) is 1. The van der Waals surface area contributed by atoms with E-state index >= 15 is 0 Å². The predicted octanol–water partition coefficient (Wildman–Crippen LogP) is -3.42. The van der Waals surface area contributed by atoms with Crippen LogP contribution in [-0.4, -0.2) is 18.4 Å². The zero-order valence-corrected chi connectivity index (χ0v) is 7.42. The summed E-state index contributed by atoms with van der Waals surface area (Å²) in [6.07, 6.45) is 0.0926. The third kappa shape index (κ3) is 2.34. The molecule has 0 saturated heterocycles. The number of hydrogen-bond donors (Lipinski definition) is 1. The number of aldehydes is 1. The first-order valence-corrected chi connectivity index (χ1v) is 2.24. The van der Waals surface area contributed by atoms with Gasteiger partial charge in [0, 0.05) is 6.92 Å². The van der Waals surface area contributed by atoms with Crippen LogP contribution in [0.1, 0.15) is 8.35 Å². The summed E-state index contributed by atoms with van der Waals surface area (Å²) in [5, 5.41) is 3.60. The van der Waals surface area contributed by atoms with Gasteiger partial charge in [0.2, 0.25) is 12.1 Å². The van der Waals surface area contributed by atoms with Crippen molar-refractivity contribution in [2.45, 2.75) is 13.2 Å². The summed E-state index contributed by atoms with van der Waals surface area (Å²) in [4.78, 5) is 9.89. The number of nitrogens with zero attached hydrogens (tertiary/aromatic N) is 1. The van der Waals surface area contributed by atoms with Gasteiger partial charge in [-0.15, -0.1) is 5.10 Å². The summed E-state index contributed by atoms with van der Waals surface area (Å²) >= 11 is 0. The Bertz CT molecular complexity index is 141. The minimum absolute atomic E-state index is 0. The molecule has 1 atom stereocenters. The standard InChI is InChI=1S/C4H6N2O2.Na.H/c1-3-5-6-4(2-7)8-3;;/h2,4,6H,1H3;;/q;+1;-1. The largest absolute Gasteiger partial charge is 1.00 e. The van der Waals surface area contributed by atoms with Gasteiger partial charge >= 0.3 is 29.6 Å². The molecule has 1 rings (SSSR count). The number of hydrogen-bond acceptors (Lipinski definition) is 4. The molecule has 0 spiro atoms. The molecule has 1 aliphatic rings. The van der Waals surface area contributed by atoms with Crippen molar-refractivity contribution < 1.29 is 40.5 Å². The van der Waals surface area contributed by atoms with Crippen molar-refractivity contribution in [1.29, 1.82) is 0 Å². The predicted molar refractivity (Wildman–Crippen MR) is 28.3 cm³/mol. The fourth-order valence-corrected chi connectivity index (χ4v) is 0.449. The Labute approximate surface area is 76.4 Å². The number of hydrazone groups is 1. The Balaban J connectivity index is 0. The second-order valence-corrected chi connectivity index (χ2v) is 1.43. The minimum Gasteiger partial charge on any atom is -1.00 e. The molecule has 4 nitrogen and oxygen atoms in total. The minimum atomic E-state index is -0.560. The van der Waals surface area contributed by atoms with Gasteiger partial charge in [-0.2, -0.15) is 0 Å². The first kappa shape index (κ1) is 8.94. The molecule has 9 heavy (non-hydrogen) atoms. The van der Waals surface area contributed by atoms with Gasteiger partial charge in [0.25, 0.3) is 0 Å². The number of carbonyl (C=O) groups is 1. The van der Waals surface area contributed by atoms with E-state index in [4.69, 9.17) is 4.74 Å². The van der Waals surface area contributed by atoms with Crippen LogP contribution in [0.5, 0.6) is 0 Å². The van der Waals surface area contributed by atoms with Gasteiger partial charge in [0.15, 0.2) is 6.29 Å². The first-order chi connectivity index (χ1) is 3.83. The fourth-order valence-electron chi connectivity index (χ4n) is 0.449. The van der Waals surface area contributed by atoms with E-state index < -0.39 is 6.23 Å². The monoisotopic (exact) mass is 138 g/mol. The molecular formula is C4H7N2NaO2. The van der Waals surface area contributed by atoms with Crippen molar-refractivity contribution >= 4 is 12.2 Å². The average Bonchev–Trinajstić information content (AvgIpc) is 2.14. The molecule has 0 aromatic rings. The van der Waals surface area contributed by atoms with Gasteiger partial charge in [-0.1, -0.05) is 0 Å². The molecule has 0 fully saturated rings. The van der Waals surface area contributed by atoms with E-state index in [0.29, 0.717) is 12.2 Å². The van der Waals surface area contributed by atoms with Crippen LogP contribution in [-0.2, 0) is 9.53 Å². The molecule has 0 aromatic heterocycles. The Morgan fingerprint density at radius 3 is 2.89 bits per heavy atom. The second-order valence-electron chi connectivity index (χ2n) is 1.43. The average molecular weight is 138 g/mol. The fraction of sp³-hybridized carbons (Fsp3) is 0.500. The normalized spacial score (nSPS) is 22.8. The molecule has 0 radical (unpaired) electrons. The van der Waals surface area contributed by atoms with Crippen molar-refractivity contribution in [2.24, 2.45) is 5.10 Å². The maximum Gasteiger partial charge on any atom is 1.00 e. The van der Waals surface area contributed by atoms with Crippen LogP contribution in [0, 0.1) is 0 Å². The number of carbonyl (C=O) groups excluding carboxylic acids is 1. The van der Waals surface area contributed by atoms with Crippen LogP contribution in [0.2, 0.25) is 0 Å². The summed E-state index contributed by atoms with van der Waals surface area (Å²) in [6.45, 7) is 1.68. The van der Waals surface area contributed by atoms with Gasteiger partial charge in [0.1, 0.15) is 0 Å². The molecule has 0 aliphatic carbocycles. The molecule has 46 valence electrons. The van der Waals surface area contributed by atoms with E-state index in [-0.39, 0.29) is 31.0 Å². The van der Waals surface area contributed by atoms with Crippen molar-refractivity contribution in [2.75, 3.05) is 0 Å². The Morgan fingerprint density at radius 2 is 2.67 bits per heavy atom. The molecule has 1 N–H and O–H groups in total. The molecular weight excluding hydrogens is 131 g/mol. The molecule has 5 heteroatoms. The van der Waals surface area contributed by atoms with Crippen LogP contribution in [0.15, 0.2) is 5.10 Å². The van der Waals surface area contributed by atoms with Crippen molar-refractivity contribution in [3.63, 3.8) is 0 Å². The summed E-state index contributed by atoms with van der Waals surface area (Å²) in [7, 11) is 0. The smallest absolute Gasteiger partial charge is 1.00 e. The maximum atomic E-state index is 9.89. The summed E-state index contributed by atoms with van der Waals surface area (Å²) in [5.41, 5.74) is 2.45. The van der Waals surface area contributed by atoms with E-state index in [1.54, 1.807) is 6.92 Å². The molecule has 1 aliphatic heterocycles. The molecule has 0 amide bonds. The van der Waals surface area contributed by atoms with Crippen LogP contribution in [0.3, 0.4) is 0 Å². The van der Waals surface area contributed by atoms with E-state index in [2.05, 4.69) is 10.5 Å². The van der Waals surface area contributed by atoms with E-state index in [0.717, 1.165) is 0 Å². The van der Waals surface area contributed by atoms with E-state index in [1.807, 2.05) is 0 Å². The molecule has 0 aromatic carbocycles. The Hall–Kier alpha value is -0.0600. The van der Waals surface area contributed by atoms with E-state index in [1.165, 1.54) is 0 Å².